The van der Waals surface area contributed by atoms with Gasteiger partial charge < -0.3 is 25.3 Å². The summed E-state index contributed by atoms with van der Waals surface area (Å²) in [7, 11) is 2.56. The number of oxime groups is 1. The van der Waals surface area contributed by atoms with Crippen LogP contribution in [0.3, 0.4) is 0 Å². The van der Waals surface area contributed by atoms with Gasteiger partial charge in [-0.2, -0.15) is 0 Å². The highest BCUT2D eigenvalue weighted by Crippen LogP contribution is 2.58. The third kappa shape index (κ3) is 5.83. The van der Waals surface area contributed by atoms with Gasteiger partial charge in [-0.25, -0.2) is 9.78 Å². The molecule has 3 aliphatic rings. The van der Waals surface area contributed by atoms with Crippen molar-refractivity contribution in [1.82, 2.24) is 15.2 Å². The average molecular weight is 724 g/mol. The highest BCUT2D eigenvalue weighted by Gasteiger charge is 2.62. The van der Waals surface area contributed by atoms with Gasteiger partial charge in [0.1, 0.15) is 35.5 Å². The number of ether oxygens (including phenoxy) is 1. The number of hydrogen-bond donors (Lipinski definition) is 3. The summed E-state index contributed by atoms with van der Waals surface area (Å²) in [5.74, 6) is -2.95. The van der Waals surface area contributed by atoms with Crippen molar-refractivity contribution in [3.63, 3.8) is 0 Å². The number of carbonyl (C=O) groups excluding carboxylic acids is 3. The smallest absolute Gasteiger partial charge is 0.352 e. The Bertz CT molecular complexity index is 1950. The van der Waals surface area contributed by atoms with Gasteiger partial charge in [-0.3, -0.25) is 19.3 Å². The number of methoxy groups -OCH3 is 1. The van der Waals surface area contributed by atoms with Gasteiger partial charge >= 0.3 is 11.9 Å². The molecule has 2 aliphatic heterocycles. The summed E-state index contributed by atoms with van der Waals surface area (Å²) >= 11 is 2.56. The SMILES string of the molecule is CO/N=C(\C(=O)N[C@@H]1C(=O)N2C(C(=O)O)=C(C3(C(=O)OC)CC3)CS[C@H]12)c1csc(NC(c2ccccc2)(c2ccccc2)c2ccccc2)n1. The van der Waals surface area contributed by atoms with Crippen LogP contribution in [0.25, 0.3) is 0 Å². The average Bonchev–Trinajstić information content (AvgIpc) is 3.86. The molecule has 14 heteroatoms. The van der Waals surface area contributed by atoms with Gasteiger partial charge in [-0.05, 0) is 35.1 Å². The second-order valence-corrected chi connectivity index (χ2v) is 14.2. The lowest BCUT2D eigenvalue weighted by atomic mass is 9.77. The van der Waals surface area contributed by atoms with E-state index in [1.165, 1.54) is 37.3 Å². The number of anilines is 1. The maximum atomic E-state index is 13.7. The lowest BCUT2D eigenvalue weighted by Crippen LogP contribution is -2.71. The summed E-state index contributed by atoms with van der Waals surface area (Å²) < 4.78 is 4.96. The summed E-state index contributed by atoms with van der Waals surface area (Å²) in [6, 6.07) is 29.0. The van der Waals surface area contributed by atoms with Crippen LogP contribution in [0.4, 0.5) is 5.13 Å². The van der Waals surface area contributed by atoms with Crippen molar-refractivity contribution < 1.29 is 33.9 Å². The zero-order chi connectivity index (χ0) is 35.8. The molecular weight excluding hydrogens is 691 g/mol. The fourth-order valence-corrected chi connectivity index (χ4v) is 9.06. The first-order valence-electron chi connectivity index (χ1n) is 16.1. The van der Waals surface area contributed by atoms with Crippen molar-refractivity contribution in [1.29, 1.82) is 0 Å². The van der Waals surface area contributed by atoms with Gasteiger partial charge in [-0.15, -0.1) is 23.1 Å². The minimum Gasteiger partial charge on any atom is -0.477 e. The number of fused-ring (bicyclic) bond motifs is 1. The number of thioether (sulfide) groups is 1. The molecule has 1 saturated heterocycles. The van der Waals surface area contributed by atoms with E-state index < -0.39 is 46.1 Å². The van der Waals surface area contributed by atoms with Crippen molar-refractivity contribution in [3.8, 4) is 0 Å². The van der Waals surface area contributed by atoms with E-state index >= 15 is 0 Å². The van der Waals surface area contributed by atoms with E-state index in [0.29, 0.717) is 23.5 Å². The molecule has 260 valence electrons. The first kappa shape index (κ1) is 34.0. The van der Waals surface area contributed by atoms with Crippen molar-refractivity contribution in [2.75, 3.05) is 25.3 Å². The minimum atomic E-state index is -1.31. The molecule has 4 aromatic rings. The number of rotatable bonds is 12. The van der Waals surface area contributed by atoms with Crippen molar-refractivity contribution in [2.24, 2.45) is 10.6 Å². The number of nitrogens with zero attached hydrogens (tertiary/aromatic N) is 3. The van der Waals surface area contributed by atoms with Crippen LogP contribution in [-0.2, 0) is 34.3 Å². The van der Waals surface area contributed by atoms with Gasteiger partial charge in [0.15, 0.2) is 10.8 Å². The third-order valence-electron chi connectivity index (χ3n) is 9.42. The van der Waals surface area contributed by atoms with Gasteiger partial charge in [0.05, 0.1) is 12.5 Å². The molecular formula is C37H33N5O7S2. The van der Waals surface area contributed by atoms with E-state index in [4.69, 9.17) is 14.6 Å². The Kier molecular flexibility index (Phi) is 9.12. The lowest BCUT2D eigenvalue weighted by molar-refractivity contribution is -0.151. The quantitative estimate of drug-likeness (QED) is 0.0621. The fourth-order valence-electron chi connectivity index (χ4n) is 6.82. The number of carboxylic acids is 1. The predicted molar refractivity (Wildman–Crippen MR) is 192 cm³/mol. The number of carboxylic acid groups (broad SMARTS) is 1. The number of aliphatic carboxylic acids is 1. The molecule has 3 aromatic carbocycles. The molecule has 2 fully saturated rings. The summed E-state index contributed by atoms with van der Waals surface area (Å²) in [4.78, 5) is 63.2. The summed E-state index contributed by atoms with van der Waals surface area (Å²) in [6.45, 7) is 0. The molecule has 1 saturated carbocycles. The van der Waals surface area contributed by atoms with Crippen LogP contribution in [0.2, 0.25) is 0 Å². The Hall–Kier alpha value is -5.47. The largest absolute Gasteiger partial charge is 0.477 e. The number of nitrogens with one attached hydrogen (secondary N) is 2. The molecule has 0 radical (unpaired) electrons. The predicted octanol–water partition coefficient (Wildman–Crippen LogP) is 4.59. The molecule has 12 nitrogen and oxygen atoms in total. The molecule has 0 bridgehead atoms. The number of β-lactam (4-membered cyclic amide) rings is 1. The molecule has 0 spiro atoms. The van der Waals surface area contributed by atoms with Crippen molar-refractivity contribution in [2.45, 2.75) is 29.8 Å². The van der Waals surface area contributed by atoms with E-state index in [9.17, 15) is 24.3 Å². The Balaban J connectivity index is 1.16. The van der Waals surface area contributed by atoms with Crippen molar-refractivity contribution in [3.05, 3.63) is 130 Å². The topological polar surface area (TPSA) is 160 Å². The number of amides is 2. The zero-order valence-corrected chi connectivity index (χ0v) is 29.2. The number of benzene rings is 3. The molecule has 3 N–H and O–H groups in total. The Labute approximate surface area is 301 Å². The van der Waals surface area contributed by atoms with E-state index in [1.54, 1.807) is 5.38 Å². The molecule has 1 aliphatic carbocycles. The Morgan fingerprint density at radius 3 is 2.00 bits per heavy atom. The molecule has 51 heavy (non-hydrogen) atoms. The monoisotopic (exact) mass is 723 g/mol. The number of hydrogen-bond acceptors (Lipinski definition) is 11. The fraction of sp³-hybridized carbons (Fsp3) is 0.243. The zero-order valence-electron chi connectivity index (χ0n) is 27.6. The summed E-state index contributed by atoms with van der Waals surface area (Å²) in [6.07, 6.45) is 0.896. The Morgan fingerprint density at radius 1 is 0.941 bits per heavy atom. The van der Waals surface area contributed by atoms with E-state index in [1.807, 2.05) is 91.0 Å². The van der Waals surface area contributed by atoms with Crippen LogP contribution in [0.15, 0.2) is 113 Å². The minimum absolute atomic E-state index is 0.157. The van der Waals surface area contributed by atoms with Crippen LogP contribution in [-0.4, -0.2) is 75.8 Å². The highest BCUT2D eigenvalue weighted by molar-refractivity contribution is 8.00. The van der Waals surface area contributed by atoms with E-state index in [0.717, 1.165) is 21.6 Å². The number of carbonyl (C=O) groups is 4. The molecule has 0 unspecified atom stereocenters. The summed E-state index contributed by atoms with van der Waals surface area (Å²) in [5.41, 5.74) is 1.21. The number of thiazole rings is 1. The van der Waals surface area contributed by atoms with Crippen LogP contribution in [0.5, 0.6) is 0 Å². The molecule has 7 rings (SSSR count). The van der Waals surface area contributed by atoms with Crippen LogP contribution in [0, 0.1) is 5.41 Å². The second-order valence-electron chi connectivity index (χ2n) is 12.2. The van der Waals surface area contributed by atoms with Gasteiger partial charge in [0.25, 0.3) is 11.8 Å². The van der Waals surface area contributed by atoms with Crippen LogP contribution >= 0.6 is 23.1 Å². The lowest BCUT2D eigenvalue weighted by Gasteiger charge is -2.50. The molecule has 1 aromatic heterocycles. The standard InChI is InChI=1S/C37H33N5O7S2/c1-48-34(47)36(18-19-36)25-20-50-32-28(31(44)42(32)29(25)33(45)46)39-30(43)27(41-49-2)26-21-51-35(38-26)40-37(22-12-6-3-7-13-22,23-14-8-4-9-15-23)24-16-10-5-11-17-24/h3-17,21,28,32H,18-20H2,1-2H3,(H,38,40)(H,39,43)(H,45,46)/b41-27-/t28-,32-/m1/s1. The second kappa shape index (κ2) is 13.7. The first-order chi connectivity index (χ1) is 24.7. The van der Waals surface area contributed by atoms with Crippen molar-refractivity contribution >= 4 is 57.7 Å². The highest BCUT2D eigenvalue weighted by atomic mass is 32.2. The van der Waals surface area contributed by atoms with E-state index in [2.05, 4.69) is 15.8 Å². The molecule has 2 amide bonds. The maximum Gasteiger partial charge on any atom is 0.352 e. The maximum absolute atomic E-state index is 13.7. The number of aromatic nitrogens is 1. The third-order valence-corrected chi connectivity index (χ3v) is 11.5. The van der Waals surface area contributed by atoms with Crippen LogP contribution in [0.1, 0.15) is 35.2 Å². The first-order valence-corrected chi connectivity index (χ1v) is 18.0. The van der Waals surface area contributed by atoms with Crippen LogP contribution < -0.4 is 10.6 Å². The van der Waals surface area contributed by atoms with E-state index in [-0.39, 0.29) is 22.9 Å². The summed E-state index contributed by atoms with van der Waals surface area (Å²) in [5, 5.41) is 22.0. The normalized spacial score (nSPS) is 19.4. The molecule has 3 heterocycles. The molecule has 2 atom stereocenters. The van der Waals surface area contributed by atoms with Gasteiger partial charge in [-0.1, -0.05) is 96.2 Å². The Morgan fingerprint density at radius 2 is 1.51 bits per heavy atom. The van der Waals surface area contributed by atoms with Gasteiger partial charge in [0, 0.05) is 11.1 Å². The number of esters is 1. The van der Waals surface area contributed by atoms with Gasteiger partial charge in [0.2, 0.25) is 0 Å².